The number of hydrogen-bond donors (Lipinski definition) is 2. The van der Waals surface area contributed by atoms with Gasteiger partial charge in [0.2, 0.25) is 0 Å². The molecule has 0 spiro atoms. The van der Waals surface area contributed by atoms with Crippen molar-refractivity contribution in [2.24, 2.45) is 11.3 Å². The predicted molar refractivity (Wildman–Crippen MR) is 95.4 cm³/mol. The molecule has 126 valence electrons. The molecular weight excluding hydrogens is 334 g/mol. The Bertz CT molecular complexity index is 570. The smallest absolute Gasteiger partial charge is 0.315 e. The SMILES string of the molecule is CC(C)C1(C(=O)O)C=C(NC(=S)OC2C=CCCC2)C=CC1Cl. The molecule has 6 heteroatoms. The second-order valence-corrected chi connectivity index (χ2v) is 7.02. The van der Waals surface area contributed by atoms with Crippen LogP contribution in [0.25, 0.3) is 0 Å². The van der Waals surface area contributed by atoms with Crippen molar-refractivity contribution in [2.45, 2.75) is 44.6 Å². The molecule has 3 atom stereocenters. The van der Waals surface area contributed by atoms with Crippen LogP contribution in [0.1, 0.15) is 33.1 Å². The Morgan fingerprint density at radius 1 is 1.52 bits per heavy atom. The summed E-state index contributed by atoms with van der Waals surface area (Å²) in [5.41, 5.74) is -0.568. The molecule has 3 unspecified atom stereocenters. The summed E-state index contributed by atoms with van der Waals surface area (Å²) in [6.45, 7) is 3.69. The van der Waals surface area contributed by atoms with E-state index in [2.05, 4.69) is 11.4 Å². The average molecular weight is 356 g/mol. The number of carboxylic acid groups (broad SMARTS) is 1. The summed E-state index contributed by atoms with van der Waals surface area (Å²) in [5, 5.41) is 12.3. The highest BCUT2D eigenvalue weighted by Gasteiger charge is 2.47. The first-order chi connectivity index (χ1) is 10.9. The molecule has 2 aliphatic rings. The van der Waals surface area contributed by atoms with Crippen molar-refractivity contribution in [1.82, 2.24) is 5.32 Å². The number of ether oxygens (including phenoxy) is 1. The number of halogens is 1. The van der Waals surface area contributed by atoms with Crippen molar-refractivity contribution >= 4 is 35.0 Å². The maximum absolute atomic E-state index is 11.8. The van der Waals surface area contributed by atoms with Crippen molar-refractivity contribution in [1.29, 1.82) is 0 Å². The summed E-state index contributed by atoms with van der Waals surface area (Å²) < 4.78 is 5.69. The Labute approximate surface area is 147 Å². The first-order valence-electron chi connectivity index (χ1n) is 7.79. The summed E-state index contributed by atoms with van der Waals surface area (Å²) in [7, 11) is 0. The molecule has 2 rings (SSSR count). The van der Waals surface area contributed by atoms with Crippen molar-refractivity contribution in [3.8, 4) is 0 Å². The first-order valence-corrected chi connectivity index (χ1v) is 8.63. The largest absolute Gasteiger partial charge is 0.481 e. The number of rotatable bonds is 4. The third kappa shape index (κ3) is 3.96. The Kier molecular flexibility index (Phi) is 5.87. The van der Waals surface area contributed by atoms with Gasteiger partial charge in [0, 0.05) is 5.70 Å². The number of carbonyl (C=O) groups is 1. The Morgan fingerprint density at radius 2 is 2.26 bits per heavy atom. The highest BCUT2D eigenvalue weighted by molar-refractivity contribution is 7.80. The van der Waals surface area contributed by atoms with E-state index in [1.54, 1.807) is 18.2 Å². The second-order valence-electron chi connectivity index (χ2n) is 6.18. The van der Waals surface area contributed by atoms with Crippen LogP contribution in [0.2, 0.25) is 0 Å². The van der Waals surface area contributed by atoms with E-state index < -0.39 is 16.8 Å². The molecule has 0 aromatic carbocycles. The molecule has 4 nitrogen and oxygen atoms in total. The van der Waals surface area contributed by atoms with Crippen molar-refractivity contribution in [2.75, 3.05) is 0 Å². The zero-order valence-corrected chi connectivity index (χ0v) is 14.9. The minimum atomic E-state index is -1.17. The molecule has 23 heavy (non-hydrogen) atoms. The number of nitrogens with one attached hydrogen (secondary N) is 1. The maximum atomic E-state index is 11.8. The van der Waals surface area contributed by atoms with Crippen molar-refractivity contribution in [3.05, 3.63) is 36.1 Å². The van der Waals surface area contributed by atoms with Gasteiger partial charge >= 0.3 is 5.97 Å². The van der Waals surface area contributed by atoms with Crippen LogP contribution in [0.3, 0.4) is 0 Å². The minimum Gasteiger partial charge on any atom is -0.481 e. The summed E-state index contributed by atoms with van der Waals surface area (Å²) in [4.78, 5) is 11.8. The van der Waals surface area contributed by atoms with Gasteiger partial charge in [0.25, 0.3) is 5.17 Å². The van der Waals surface area contributed by atoms with Gasteiger partial charge in [0.1, 0.15) is 11.5 Å². The van der Waals surface area contributed by atoms with E-state index in [0.717, 1.165) is 19.3 Å². The van der Waals surface area contributed by atoms with Gasteiger partial charge in [-0.15, -0.1) is 11.6 Å². The lowest BCUT2D eigenvalue weighted by atomic mass is 9.71. The second kappa shape index (κ2) is 7.49. The van der Waals surface area contributed by atoms with Gasteiger partial charge in [-0.05, 0) is 55.6 Å². The molecule has 0 saturated carbocycles. The van der Waals surface area contributed by atoms with Gasteiger partial charge < -0.3 is 15.2 Å². The third-order valence-electron chi connectivity index (χ3n) is 4.34. The van der Waals surface area contributed by atoms with Crippen molar-refractivity contribution in [3.63, 3.8) is 0 Å². The molecule has 0 fully saturated rings. The van der Waals surface area contributed by atoms with Crippen LogP contribution in [0, 0.1) is 11.3 Å². The zero-order valence-electron chi connectivity index (χ0n) is 13.3. The van der Waals surface area contributed by atoms with Gasteiger partial charge in [0.05, 0.1) is 5.38 Å². The third-order valence-corrected chi connectivity index (χ3v) is 5.04. The van der Waals surface area contributed by atoms with E-state index in [1.807, 2.05) is 19.9 Å². The van der Waals surface area contributed by atoms with Gasteiger partial charge in [-0.1, -0.05) is 26.0 Å². The Morgan fingerprint density at radius 3 is 2.83 bits per heavy atom. The lowest BCUT2D eigenvalue weighted by molar-refractivity contribution is -0.148. The highest BCUT2D eigenvalue weighted by atomic mass is 35.5. The van der Waals surface area contributed by atoms with E-state index >= 15 is 0 Å². The van der Waals surface area contributed by atoms with E-state index in [1.165, 1.54) is 0 Å². The molecule has 0 aromatic heterocycles. The Balaban J connectivity index is 2.11. The molecular formula is C17H22ClNO3S. The molecule has 0 saturated heterocycles. The van der Waals surface area contributed by atoms with Crippen LogP contribution >= 0.6 is 23.8 Å². The summed E-state index contributed by atoms with van der Waals surface area (Å²) in [5.74, 6) is -1.11. The molecule has 0 bridgehead atoms. The van der Waals surface area contributed by atoms with Crippen LogP contribution < -0.4 is 5.32 Å². The van der Waals surface area contributed by atoms with Gasteiger partial charge in [-0.25, -0.2) is 0 Å². The number of alkyl halides is 1. The van der Waals surface area contributed by atoms with Crippen LogP contribution in [0.4, 0.5) is 0 Å². The number of allylic oxidation sites excluding steroid dienone is 3. The molecule has 0 aromatic rings. The standard InChI is InChI=1S/C17H22ClNO3S/c1-11(2)17(15(20)21)10-12(8-9-14(17)18)19-16(23)22-13-6-4-3-5-7-13/h4,6,8-11,13-14H,3,5,7H2,1-2H3,(H,19,23)(H,20,21). The normalized spacial score (nSPS) is 30.0. The van der Waals surface area contributed by atoms with Crippen LogP contribution in [-0.2, 0) is 9.53 Å². The van der Waals surface area contributed by atoms with Crippen LogP contribution in [-0.4, -0.2) is 27.7 Å². The molecule has 0 heterocycles. The lowest BCUT2D eigenvalue weighted by Gasteiger charge is -2.36. The monoisotopic (exact) mass is 355 g/mol. The van der Waals surface area contributed by atoms with Crippen LogP contribution in [0.15, 0.2) is 36.1 Å². The molecule has 0 aliphatic heterocycles. The van der Waals surface area contributed by atoms with E-state index in [0.29, 0.717) is 5.70 Å². The summed E-state index contributed by atoms with van der Waals surface area (Å²) >= 11 is 11.5. The minimum absolute atomic E-state index is 0.0213. The van der Waals surface area contributed by atoms with Gasteiger partial charge in [0.15, 0.2) is 0 Å². The average Bonchev–Trinajstić information content (AvgIpc) is 2.49. The topological polar surface area (TPSA) is 58.6 Å². The fraction of sp³-hybridized carbons (Fsp3) is 0.529. The van der Waals surface area contributed by atoms with Crippen molar-refractivity contribution < 1.29 is 14.6 Å². The van der Waals surface area contributed by atoms with E-state index in [9.17, 15) is 9.90 Å². The zero-order chi connectivity index (χ0) is 17.0. The lowest BCUT2D eigenvalue weighted by Crippen LogP contribution is -2.44. The summed E-state index contributed by atoms with van der Waals surface area (Å²) in [6.07, 6.45) is 12.2. The first kappa shape index (κ1) is 18.0. The number of thiocarbonyl (C=S) groups is 1. The number of aliphatic carboxylic acids is 1. The number of carboxylic acids is 1. The maximum Gasteiger partial charge on any atom is 0.315 e. The van der Waals surface area contributed by atoms with Crippen LogP contribution in [0.5, 0.6) is 0 Å². The Hall–Kier alpha value is -1.33. The fourth-order valence-corrected chi connectivity index (χ4v) is 3.61. The molecule has 0 amide bonds. The van der Waals surface area contributed by atoms with E-state index in [4.69, 9.17) is 28.6 Å². The van der Waals surface area contributed by atoms with E-state index in [-0.39, 0.29) is 17.2 Å². The predicted octanol–water partition coefficient (Wildman–Crippen LogP) is 3.77. The molecule has 2 N–H and O–H groups in total. The fourth-order valence-electron chi connectivity index (χ4n) is 2.89. The molecule has 0 radical (unpaired) electrons. The quantitative estimate of drug-likeness (QED) is 0.456. The van der Waals surface area contributed by atoms with Gasteiger partial charge in [-0.3, -0.25) is 4.79 Å². The highest BCUT2D eigenvalue weighted by Crippen LogP contribution is 2.41. The van der Waals surface area contributed by atoms with Gasteiger partial charge in [-0.2, -0.15) is 0 Å². The summed E-state index contributed by atoms with van der Waals surface area (Å²) in [6, 6.07) is 0. The molecule has 2 aliphatic carbocycles. The number of hydrogen-bond acceptors (Lipinski definition) is 3.